The number of anilines is 1. The van der Waals surface area contributed by atoms with E-state index >= 15 is 0 Å². The normalized spacial score (nSPS) is 25.2. The topological polar surface area (TPSA) is 88.0 Å². The molecular weight excluding hydrogens is 406 g/mol. The van der Waals surface area contributed by atoms with Crippen molar-refractivity contribution in [3.63, 3.8) is 0 Å². The summed E-state index contributed by atoms with van der Waals surface area (Å²) in [7, 11) is 0. The number of rotatable bonds is 4. The zero-order valence-electron chi connectivity index (χ0n) is 17.0. The van der Waals surface area contributed by atoms with Gasteiger partial charge >= 0.3 is 0 Å². The highest BCUT2D eigenvalue weighted by Crippen LogP contribution is 2.36. The van der Waals surface area contributed by atoms with Crippen molar-refractivity contribution in [2.45, 2.75) is 50.6 Å². The van der Waals surface area contributed by atoms with E-state index in [2.05, 4.69) is 11.4 Å². The van der Waals surface area contributed by atoms with Gasteiger partial charge in [0.15, 0.2) is 5.78 Å². The molecule has 2 aliphatic rings. The molecule has 0 aliphatic carbocycles. The summed E-state index contributed by atoms with van der Waals surface area (Å²) in [5, 5.41) is 23.5. The van der Waals surface area contributed by atoms with E-state index in [1.165, 1.54) is 0 Å². The fourth-order valence-electron chi connectivity index (χ4n) is 3.91. The van der Waals surface area contributed by atoms with Crippen molar-refractivity contribution in [1.29, 1.82) is 0 Å². The van der Waals surface area contributed by atoms with Crippen molar-refractivity contribution in [2.75, 3.05) is 18.5 Å². The average molecular weight is 432 g/mol. The lowest BCUT2D eigenvalue weighted by molar-refractivity contribution is -0.161. The van der Waals surface area contributed by atoms with E-state index in [1.54, 1.807) is 6.07 Å². The molecule has 3 N–H and O–H groups in total. The van der Waals surface area contributed by atoms with Crippen molar-refractivity contribution in [3.05, 3.63) is 58.1 Å². The first kappa shape index (κ1) is 21.1. The molecule has 3 atom stereocenters. The Kier molecular flexibility index (Phi) is 5.77. The molecule has 2 aromatic carbocycles. The molecule has 0 unspecified atom stereocenters. The zero-order chi connectivity index (χ0) is 21.5. The number of nitrogens with one attached hydrogen (secondary N) is 1. The number of aliphatic hydroxyl groups excluding tert-OH is 2. The van der Waals surface area contributed by atoms with E-state index in [9.17, 15) is 15.0 Å². The van der Waals surface area contributed by atoms with Crippen LogP contribution in [0.4, 0.5) is 5.69 Å². The van der Waals surface area contributed by atoms with Gasteiger partial charge in [-0.15, -0.1) is 0 Å². The number of carbonyl (C=O) groups is 1. The summed E-state index contributed by atoms with van der Waals surface area (Å²) in [5.74, 6) is 0.356. The fourth-order valence-corrected chi connectivity index (χ4v) is 4.09. The Bertz CT molecular complexity index is 961. The number of ketones is 1. The first-order chi connectivity index (χ1) is 14.3. The molecule has 1 fully saturated rings. The van der Waals surface area contributed by atoms with Crippen LogP contribution in [0.5, 0.6) is 5.75 Å². The van der Waals surface area contributed by atoms with Gasteiger partial charge in [0.2, 0.25) is 0 Å². The van der Waals surface area contributed by atoms with E-state index in [0.717, 1.165) is 34.7 Å². The van der Waals surface area contributed by atoms with E-state index in [0.29, 0.717) is 11.4 Å². The van der Waals surface area contributed by atoms with Crippen LogP contribution in [0.1, 0.15) is 43.1 Å². The Hall–Kier alpha value is -2.12. The van der Waals surface area contributed by atoms with Gasteiger partial charge in [-0.25, -0.2) is 0 Å². The number of hydrogen-bond donors (Lipinski definition) is 3. The minimum atomic E-state index is -1.14. The second kappa shape index (κ2) is 8.19. The number of halogens is 1. The molecule has 0 saturated carbocycles. The third kappa shape index (κ3) is 4.32. The smallest absolute Gasteiger partial charge is 0.192 e. The van der Waals surface area contributed by atoms with E-state index in [1.807, 2.05) is 38.1 Å². The standard InChI is InChI=1S/C23H26ClNO5/c1-23(2)12-25-17-8-13(3-6-19(17)30-23)7-15-9-14(4-5-16(15)24)20-10-18(27)22(28)21(11-26)29-20/h3-6,8-9,18,20-21,25-27H,7,10-12H2,1-2H3/t18-,20-,21-/m1/s1. The predicted octanol–water partition coefficient (Wildman–Crippen LogP) is 3.27. The van der Waals surface area contributed by atoms with Crippen molar-refractivity contribution in [2.24, 2.45) is 0 Å². The molecule has 0 radical (unpaired) electrons. The van der Waals surface area contributed by atoms with Crippen LogP contribution in [0.25, 0.3) is 0 Å². The molecule has 1 saturated heterocycles. The molecule has 2 heterocycles. The highest BCUT2D eigenvalue weighted by Gasteiger charge is 2.36. The van der Waals surface area contributed by atoms with Crippen LogP contribution in [-0.2, 0) is 16.0 Å². The van der Waals surface area contributed by atoms with Gasteiger partial charge in [0, 0.05) is 11.4 Å². The van der Waals surface area contributed by atoms with Crippen LogP contribution in [0, 0.1) is 0 Å². The molecule has 6 nitrogen and oxygen atoms in total. The molecule has 0 aromatic heterocycles. The van der Waals surface area contributed by atoms with Crippen LogP contribution in [0.2, 0.25) is 5.02 Å². The van der Waals surface area contributed by atoms with Gasteiger partial charge in [0.1, 0.15) is 23.6 Å². The number of carbonyl (C=O) groups excluding carboxylic acids is 1. The van der Waals surface area contributed by atoms with Crippen molar-refractivity contribution < 1.29 is 24.5 Å². The van der Waals surface area contributed by atoms with E-state index < -0.39 is 30.7 Å². The molecule has 30 heavy (non-hydrogen) atoms. The minimum Gasteiger partial charge on any atom is -0.484 e. The van der Waals surface area contributed by atoms with Gasteiger partial charge in [0.05, 0.1) is 24.9 Å². The summed E-state index contributed by atoms with van der Waals surface area (Å²) in [6.45, 7) is 4.36. The van der Waals surface area contributed by atoms with Crippen LogP contribution >= 0.6 is 11.6 Å². The molecule has 0 amide bonds. The van der Waals surface area contributed by atoms with Gasteiger partial charge < -0.3 is 25.0 Å². The van der Waals surface area contributed by atoms with E-state index in [-0.39, 0.29) is 12.0 Å². The number of Topliss-reactive ketones (excluding diaryl/α,β-unsaturated/α-hetero) is 1. The number of aliphatic hydroxyl groups is 2. The maximum absolute atomic E-state index is 11.9. The lowest BCUT2D eigenvalue weighted by Crippen LogP contribution is -2.43. The Morgan fingerprint density at radius 3 is 2.80 bits per heavy atom. The predicted molar refractivity (Wildman–Crippen MR) is 114 cm³/mol. The van der Waals surface area contributed by atoms with Crippen molar-refractivity contribution in [1.82, 2.24) is 0 Å². The monoisotopic (exact) mass is 431 g/mol. The fraction of sp³-hybridized carbons (Fsp3) is 0.435. The maximum atomic E-state index is 11.9. The van der Waals surface area contributed by atoms with Gasteiger partial charge in [-0.1, -0.05) is 29.8 Å². The Morgan fingerprint density at radius 1 is 1.23 bits per heavy atom. The lowest BCUT2D eigenvalue weighted by atomic mass is 9.93. The maximum Gasteiger partial charge on any atom is 0.192 e. The van der Waals surface area contributed by atoms with E-state index in [4.69, 9.17) is 21.1 Å². The lowest BCUT2D eigenvalue weighted by Gasteiger charge is -2.33. The van der Waals surface area contributed by atoms with Gasteiger partial charge in [0.25, 0.3) is 0 Å². The Morgan fingerprint density at radius 2 is 2.03 bits per heavy atom. The highest BCUT2D eigenvalue weighted by molar-refractivity contribution is 6.31. The second-order valence-electron chi connectivity index (χ2n) is 8.52. The minimum absolute atomic E-state index is 0.159. The van der Waals surface area contributed by atoms with Crippen LogP contribution in [-0.4, -0.2) is 47.0 Å². The largest absolute Gasteiger partial charge is 0.484 e. The van der Waals surface area contributed by atoms with Crippen molar-refractivity contribution in [3.8, 4) is 5.75 Å². The van der Waals surface area contributed by atoms with Crippen LogP contribution in [0.3, 0.4) is 0 Å². The Labute approximate surface area is 180 Å². The average Bonchev–Trinajstić information content (AvgIpc) is 2.71. The quantitative estimate of drug-likeness (QED) is 0.688. The molecule has 4 rings (SSSR count). The van der Waals surface area contributed by atoms with Gasteiger partial charge in [-0.05, 0) is 55.2 Å². The summed E-state index contributed by atoms with van der Waals surface area (Å²) in [4.78, 5) is 11.9. The molecular formula is C23H26ClNO5. The molecule has 0 bridgehead atoms. The summed E-state index contributed by atoms with van der Waals surface area (Å²) in [6, 6.07) is 11.6. The summed E-state index contributed by atoms with van der Waals surface area (Å²) in [5.41, 5.74) is 3.53. The number of hydrogen-bond acceptors (Lipinski definition) is 6. The van der Waals surface area contributed by atoms with Crippen LogP contribution in [0.15, 0.2) is 36.4 Å². The SMILES string of the molecule is CC1(C)CNc2cc(Cc3cc([C@H]4C[C@@H](O)C(=O)[C@@H](CO)O4)ccc3Cl)ccc2O1. The van der Waals surface area contributed by atoms with Crippen LogP contribution < -0.4 is 10.1 Å². The number of benzene rings is 2. The van der Waals surface area contributed by atoms with Gasteiger partial charge in [-0.2, -0.15) is 0 Å². The van der Waals surface area contributed by atoms with Crippen molar-refractivity contribution >= 4 is 23.1 Å². The number of ether oxygens (including phenoxy) is 2. The summed E-state index contributed by atoms with van der Waals surface area (Å²) >= 11 is 6.45. The first-order valence-electron chi connectivity index (χ1n) is 10.1. The molecule has 7 heteroatoms. The number of fused-ring (bicyclic) bond motifs is 1. The zero-order valence-corrected chi connectivity index (χ0v) is 17.8. The molecule has 0 spiro atoms. The third-order valence-corrected chi connectivity index (χ3v) is 5.92. The molecule has 2 aliphatic heterocycles. The highest BCUT2D eigenvalue weighted by atomic mass is 35.5. The summed E-state index contributed by atoms with van der Waals surface area (Å²) < 4.78 is 11.7. The van der Waals surface area contributed by atoms with Gasteiger partial charge in [-0.3, -0.25) is 4.79 Å². The molecule has 2 aromatic rings. The first-order valence-corrected chi connectivity index (χ1v) is 10.5. The Balaban J connectivity index is 1.55. The second-order valence-corrected chi connectivity index (χ2v) is 8.93. The molecule has 160 valence electrons. The summed E-state index contributed by atoms with van der Waals surface area (Å²) in [6.07, 6.45) is -1.86. The third-order valence-electron chi connectivity index (χ3n) is 5.55.